The summed E-state index contributed by atoms with van der Waals surface area (Å²) < 4.78 is 14.9. The number of hydrogen-bond donors (Lipinski definition) is 1. The van der Waals surface area contributed by atoms with Crippen molar-refractivity contribution in [3.63, 3.8) is 0 Å². The topological polar surface area (TPSA) is 83.8 Å². The van der Waals surface area contributed by atoms with Crippen molar-refractivity contribution >= 4 is 5.69 Å². The monoisotopic (exact) mass is 474 g/mol. The molecule has 0 bridgehead atoms. The zero-order valence-electron chi connectivity index (χ0n) is 21.1. The molecule has 0 spiro atoms. The number of fused-ring (bicyclic) bond motifs is 3. The molecule has 7 nitrogen and oxygen atoms in total. The van der Waals surface area contributed by atoms with Crippen LogP contribution in [0.3, 0.4) is 0 Å². The number of aromatic nitrogens is 2. The van der Waals surface area contributed by atoms with E-state index in [9.17, 15) is 4.79 Å². The average molecular weight is 475 g/mol. The van der Waals surface area contributed by atoms with Gasteiger partial charge >= 0.3 is 5.69 Å². The lowest BCUT2D eigenvalue weighted by Gasteiger charge is -2.24. The Labute approximate surface area is 205 Å². The van der Waals surface area contributed by atoms with Crippen molar-refractivity contribution in [2.45, 2.75) is 59.0 Å². The van der Waals surface area contributed by atoms with Gasteiger partial charge in [-0.2, -0.15) is 0 Å². The molecule has 2 aromatic carbocycles. The summed E-state index contributed by atoms with van der Waals surface area (Å²) in [6.07, 6.45) is 3.27. The van der Waals surface area contributed by atoms with Gasteiger partial charge in [0, 0.05) is 31.3 Å². The van der Waals surface area contributed by atoms with Crippen molar-refractivity contribution in [3.05, 3.63) is 68.6 Å². The molecule has 1 saturated carbocycles. The van der Waals surface area contributed by atoms with Crippen LogP contribution in [0.5, 0.6) is 11.5 Å². The van der Waals surface area contributed by atoms with Crippen molar-refractivity contribution < 1.29 is 9.47 Å². The molecule has 1 aromatic heterocycles. The van der Waals surface area contributed by atoms with E-state index in [2.05, 4.69) is 26.0 Å². The molecule has 5 rings (SSSR count). The highest BCUT2D eigenvalue weighted by Gasteiger charge is 2.25. The Morgan fingerprint density at radius 2 is 1.83 bits per heavy atom. The van der Waals surface area contributed by atoms with E-state index in [0.29, 0.717) is 43.4 Å². The van der Waals surface area contributed by atoms with Crippen LogP contribution in [-0.4, -0.2) is 29.4 Å². The van der Waals surface area contributed by atoms with Gasteiger partial charge in [0.15, 0.2) is 11.5 Å². The first-order valence-electron chi connectivity index (χ1n) is 12.5. The fraction of sp³-hybridized carbons (Fsp3) is 0.429. The summed E-state index contributed by atoms with van der Waals surface area (Å²) in [5.41, 5.74) is 14.0. The van der Waals surface area contributed by atoms with Crippen LogP contribution in [0.25, 0.3) is 11.3 Å². The van der Waals surface area contributed by atoms with Crippen LogP contribution in [0.4, 0.5) is 5.69 Å². The summed E-state index contributed by atoms with van der Waals surface area (Å²) in [6.45, 7) is 8.10. The fourth-order valence-electron chi connectivity index (χ4n) is 5.14. The smallest absolute Gasteiger partial charge is 0.330 e. The van der Waals surface area contributed by atoms with Gasteiger partial charge in [-0.05, 0) is 80.3 Å². The maximum atomic E-state index is 13.6. The predicted octanol–water partition coefficient (Wildman–Crippen LogP) is 3.97. The van der Waals surface area contributed by atoms with Crippen LogP contribution in [0, 0.1) is 13.8 Å². The number of nitrogens with zero attached hydrogens (tertiary/aromatic N) is 3. The molecule has 0 unspecified atom stereocenters. The molecule has 3 aromatic rings. The molecule has 184 valence electrons. The Morgan fingerprint density at radius 1 is 1.09 bits per heavy atom. The summed E-state index contributed by atoms with van der Waals surface area (Å²) in [4.78, 5) is 18.7. The largest absolute Gasteiger partial charge is 0.493 e. The highest BCUT2D eigenvalue weighted by molar-refractivity contribution is 5.70. The predicted molar refractivity (Wildman–Crippen MR) is 138 cm³/mol. The van der Waals surface area contributed by atoms with Gasteiger partial charge < -0.3 is 15.2 Å². The van der Waals surface area contributed by atoms with Gasteiger partial charge in [-0.3, -0.25) is 9.13 Å². The summed E-state index contributed by atoms with van der Waals surface area (Å²) in [6, 6.07) is 10.5. The molecule has 1 aliphatic carbocycles. The molecule has 1 fully saturated rings. The van der Waals surface area contributed by atoms with Gasteiger partial charge in [-0.15, -0.1) is 0 Å². The Morgan fingerprint density at radius 3 is 2.46 bits per heavy atom. The second-order valence-corrected chi connectivity index (χ2v) is 9.49. The molecule has 0 radical (unpaired) electrons. The highest BCUT2D eigenvalue weighted by atomic mass is 16.5. The zero-order chi connectivity index (χ0) is 24.7. The average Bonchev–Trinajstić information content (AvgIpc) is 3.69. The Hall–Kier alpha value is -3.32. The van der Waals surface area contributed by atoms with Gasteiger partial charge in [0.05, 0.1) is 25.1 Å². The number of ether oxygens (including phenoxy) is 2. The Bertz CT molecular complexity index is 1390. The SMILES string of the molecule is CCOc1cc2c(cc1OC)-c1cc(=Nc3c(C)cc(C4CC4)cc3C)n(CCN)c(=O)n1CC2. The summed E-state index contributed by atoms with van der Waals surface area (Å²) in [5.74, 6) is 2.07. The van der Waals surface area contributed by atoms with Crippen molar-refractivity contribution in [2.24, 2.45) is 10.7 Å². The van der Waals surface area contributed by atoms with Crippen LogP contribution in [0.15, 0.2) is 40.1 Å². The Balaban J connectivity index is 1.72. The minimum Gasteiger partial charge on any atom is -0.493 e. The molecular weight excluding hydrogens is 440 g/mol. The molecule has 35 heavy (non-hydrogen) atoms. The van der Waals surface area contributed by atoms with E-state index < -0.39 is 0 Å². The molecule has 2 N–H and O–H groups in total. The molecular formula is C28H34N4O3. The minimum atomic E-state index is -0.0879. The normalized spacial score (nSPS) is 15.1. The minimum absolute atomic E-state index is 0.0879. The van der Waals surface area contributed by atoms with Crippen LogP contribution in [-0.2, 0) is 19.5 Å². The molecule has 1 aliphatic heterocycles. The van der Waals surface area contributed by atoms with Gasteiger partial charge in [0.25, 0.3) is 0 Å². The third-order valence-corrected chi connectivity index (χ3v) is 7.01. The van der Waals surface area contributed by atoms with Crippen molar-refractivity contribution in [2.75, 3.05) is 20.3 Å². The maximum Gasteiger partial charge on any atom is 0.330 e. The fourth-order valence-corrected chi connectivity index (χ4v) is 5.14. The van der Waals surface area contributed by atoms with Crippen molar-refractivity contribution in [1.29, 1.82) is 0 Å². The van der Waals surface area contributed by atoms with Crippen molar-refractivity contribution in [1.82, 2.24) is 9.13 Å². The molecule has 0 saturated heterocycles. The molecule has 7 heteroatoms. The van der Waals surface area contributed by atoms with E-state index in [1.165, 1.54) is 18.4 Å². The second-order valence-electron chi connectivity index (χ2n) is 9.49. The van der Waals surface area contributed by atoms with E-state index in [1.54, 1.807) is 11.7 Å². The summed E-state index contributed by atoms with van der Waals surface area (Å²) in [7, 11) is 1.64. The summed E-state index contributed by atoms with van der Waals surface area (Å²) in [5, 5.41) is 0. The van der Waals surface area contributed by atoms with Gasteiger partial charge in [-0.25, -0.2) is 9.79 Å². The number of methoxy groups -OCH3 is 1. The maximum absolute atomic E-state index is 13.6. The van der Waals surface area contributed by atoms with Gasteiger partial charge in [0.1, 0.15) is 5.49 Å². The first-order valence-corrected chi connectivity index (χ1v) is 12.5. The van der Waals surface area contributed by atoms with E-state index in [-0.39, 0.29) is 5.69 Å². The van der Waals surface area contributed by atoms with Crippen molar-refractivity contribution in [3.8, 4) is 22.8 Å². The molecule has 2 heterocycles. The molecule has 2 aliphatic rings. The number of nitrogens with two attached hydrogens (primary N) is 1. The highest BCUT2D eigenvalue weighted by Crippen LogP contribution is 2.42. The van der Waals surface area contributed by atoms with E-state index in [4.69, 9.17) is 20.2 Å². The lowest BCUT2D eigenvalue weighted by molar-refractivity contribution is 0.310. The van der Waals surface area contributed by atoms with E-state index >= 15 is 0 Å². The van der Waals surface area contributed by atoms with Crippen LogP contribution >= 0.6 is 0 Å². The first-order chi connectivity index (χ1) is 16.9. The zero-order valence-corrected chi connectivity index (χ0v) is 21.1. The van der Waals surface area contributed by atoms with E-state index in [0.717, 1.165) is 45.8 Å². The van der Waals surface area contributed by atoms with Crippen LogP contribution < -0.4 is 26.4 Å². The third-order valence-electron chi connectivity index (χ3n) is 7.01. The molecule has 0 amide bonds. The van der Waals surface area contributed by atoms with Gasteiger partial charge in [0.2, 0.25) is 0 Å². The summed E-state index contributed by atoms with van der Waals surface area (Å²) >= 11 is 0. The lowest BCUT2D eigenvalue weighted by atomic mass is 9.97. The first kappa shape index (κ1) is 23.4. The number of hydrogen-bond acceptors (Lipinski definition) is 5. The quantitative estimate of drug-likeness (QED) is 0.562. The third kappa shape index (κ3) is 4.29. The van der Waals surface area contributed by atoms with Crippen LogP contribution in [0.1, 0.15) is 47.9 Å². The van der Waals surface area contributed by atoms with E-state index in [1.807, 2.05) is 29.7 Å². The Kier molecular flexibility index (Phi) is 6.28. The second kappa shape index (κ2) is 9.38. The molecule has 0 atom stereocenters. The standard InChI is InChI=1S/C28H34N4O3/c1-5-35-25-14-20-8-10-31-23(22(20)15-24(25)34-4)16-26(32(11-9-29)28(31)33)30-27-17(2)12-21(13-18(27)3)19-6-7-19/h12-16,19H,5-11,29H2,1-4H3. The van der Waals surface area contributed by atoms with Crippen LogP contribution in [0.2, 0.25) is 0 Å². The lowest BCUT2D eigenvalue weighted by Crippen LogP contribution is -2.43. The number of benzene rings is 2. The number of rotatable bonds is 7. The number of aryl methyl sites for hydroxylation is 3. The van der Waals surface area contributed by atoms with Gasteiger partial charge in [-0.1, -0.05) is 12.1 Å².